The average Bonchev–Trinajstić information content (AvgIpc) is 3.41. The van der Waals surface area contributed by atoms with E-state index in [1.54, 1.807) is 12.1 Å². The zero-order chi connectivity index (χ0) is 31.1. The predicted octanol–water partition coefficient (Wildman–Crippen LogP) is 6.32. The molecule has 3 saturated heterocycles. The van der Waals surface area contributed by atoms with Gasteiger partial charge in [-0.2, -0.15) is 0 Å². The molecular formula is C36H54O9. The van der Waals surface area contributed by atoms with Gasteiger partial charge in [-0.05, 0) is 102 Å². The number of aliphatic hydroxyl groups excluding tert-OH is 1. The van der Waals surface area contributed by atoms with Crippen molar-refractivity contribution in [3.05, 3.63) is 48.0 Å². The van der Waals surface area contributed by atoms with E-state index >= 15 is 0 Å². The minimum absolute atomic E-state index is 0.0188. The maximum Gasteiger partial charge on any atom is 0.338 e. The van der Waals surface area contributed by atoms with Gasteiger partial charge in [0.1, 0.15) is 6.10 Å². The molecular weight excluding hydrogens is 576 g/mol. The number of unbranched alkanes of at least 4 members (excludes halogenated alkanes) is 1. The summed E-state index contributed by atoms with van der Waals surface area (Å²) in [5, 5.41) is 10.5. The van der Waals surface area contributed by atoms with Crippen LogP contribution in [0.3, 0.4) is 0 Å². The Labute approximate surface area is 268 Å². The Morgan fingerprint density at radius 3 is 2.04 bits per heavy atom. The highest BCUT2D eigenvalue weighted by atomic mass is 16.7. The minimum Gasteiger partial charge on any atom is -0.456 e. The number of hydrogen-bond donors (Lipinski definition) is 1. The smallest absolute Gasteiger partial charge is 0.338 e. The second-order valence-electron chi connectivity index (χ2n) is 12.8. The number of carbonyl (C=O) groups excluding carboxylic acids is 1. The summed E-state index contributed by atoms with van der Waals surface area (Å²) in [6.45, 7) is 2.56. The SMILES string of the molecule is O=C(OC(CCC/C=C\C[C@@H]1[C@@H](CO)[C@H](OC2CCCCO2)C[C@@H]1OC1CCCCO1)COC1CCCCO1)c1ccccc1. The number of esters is 1. The highest BCUT2D eigenvalue weighted by Gasteiger charge is 2.45. The number of aliphatic hydroxyl groups is 1. The molecule has 0 amide bonds. The van der Waals surface area contributed by atoms with E-state index in [-0.39, 0.29) is 61.6 Å². The molecule has 0 bridgehead atoms. The van der Waals surface area contributed by atoms with E-state index in [9.17, 15) is 9.90 Å². The first-order valence-corrected chi connectivity index (χ1v) is 17.5. The first kappa shape index (κ1) is 34.5. The highest BCUT2D eigenvalue weighted by Crippen LogP contribution is 2.41. The van der Waals surface area contributed by atoms with Gasteiger partial charge in [0.15, 0.2) is 18.9 Å². The van der Waals surface area contributed by atoms with Crippen LogP contribution in [0.2, 0.25) is 0 Å². The molecule has 1 aromatic rings. The summed E-state index contributed by atoms with van der Waals surface area (Å²) in [6.07, 6.45) is 16.4. The quantitative estimate of drug-likeness (QED) is 0.128. The fourth-order valence-electron chi connectivity index (χ4n) is 6.91. The lowest BCUT2D eigenvalue weighted by Crippen LogP contribution is -2.33. The lowest BCUT2D eigenvalue weighted by molar-refractivity contribution is -0.204. The molecule has 9 heteroatoms. The van der Waals surface area contributed by atoms with Gasteiger partial charge in [-0.1, -0.05) is 30.4 Å². The highest BCUT2D eigenvalue weighted by molar-refractivity contribution is 5.89. The van der Waals surface area contributed by atoms with Crippen LogP contribution in [0.25, 0.3) is 0 Å². The van der Waals surface area contributed by atoms with E-state index in [0.29, 0.717) is 25.2 Å². The topological polar surface area (TPSA) is 102 Å². The molecule has 1 aromatic carbocycles. The van der Waals surface area contributed by atoms with Gasteiger partial charge in [0.2, 0.25) is 0 Å². The molecule has 4 fully saturated rings. The van der Waals surface area contributed by atoms with E-state index in [2.05, 4.69) is 12.2 Å². The Hall–Kier alpha value is -1.85. The Bertz CT molecular complexity index is 985. The summed E-state index contributed by atoms with van der Waals surface area (Å²) in [7, 11) is 0. The van der Waals surface area contributed by atoms with Gasteiger partial charge in [0, 0.05) is 38.8 Å². The zero-order valence-corrected chi connectivity index (χ0v) is 26.8. The summed E-state index contributed by atoms with van der Waals surface area (Å²) in [4.78, 5) is 12.8. The fraction of sp³-hybridized carbons (Fsp3) is 0.750. The van der Waals surface area contributed by atoms with E-state index < -0.39 is 0 Å². The Morgan fingerprint density at radius 1 is 0.822 bits per heavy atom. The van der Waals surface area contributed by atoms with Gasteiger partial charge in [0.05, 0.1) is 24.4 Å². The molecule has 3 heterocycles. The fourth-order valence-corrected chi connectivity index (χ4v) is 6.91. The molecule has 0 aromatic heterocycles. The van der Waals surface area contributed by atoms with Crippen molar-refractivity contribution in [3.63, 3.8) is 0 Å². The Balaban J connectivity index is 1.13. The van der Waals surface area contributed by atoms with Crippen molar-refractivity contribution in [2.24, 2.45) is 11.8 Å². The molecule has 4 aliphatic rings. The maximum absolute atomic E-state index is 12.8. The third-order valence-electron chi connectivity index (χ3n) is 9.47. The van der Waals surface area contributed by atoms with E-state index in [0.717, 1.165) is 96.7 Å². The van der Waals surface area contributed by atoms with Crippen LogP contribution >= 0.6 is 0 Å². The van der Waals surface area contributed by atoms with Crippen LogP contribution in [0.4, 0.5) is 0 Å². The summed E-state index contributed by atoms with van der Waals surface area (Å²) < 4.78 is 42.3. The molecule has 1 aliphatic carbocycles. The normalized spacial score (nSPS) is 31.6. The van der Waals surface area contributed by atoms with Gasteiger partial charge < -0.3 is 38.3 Å². The average molecular weight is 631 g/mol. The summed E-state index contributed by atoms with van der Waals surface area (Å²) in [5.74, 6) is -0.215. The van der Waals surface area contributed by atoms with Crippen LogP contribution in [-0.2, 0) is 33.2 Å². The number of allylic oxidation sites excluding steroid dienone is 2. The second kappa shape index (κ2) is 19.1. The molecule has 252 valence electrons. The van der Waals surface area contributed by atoms with Crippen LogP contribution in [0.5, 0.6) is 0 Å². The van der Waals surface area contributed by atoms with Crippen molar-refractivity contribution in [3.8, 4) is 0 Å². The molecule has 0 radical (unpaired) electrons. The molecule has 0 spiro atoms. The molecule has 9 nitrogen and oxygen atoms in total. The van der Waals surface area contributed by atoms with Gasteiger partial charge in [-0.3, -0.25) is 0 Å². The van der Waals surface area contributed by atoms with Crippen LogP contribution < -0.4 is 0 Å². The lowest BCUT2D eigenvalue weighted by atomic mass is 9.90. The standard InChI is InChI=1S/C36H54O9/c37-25-30-29(31(44-34-19-9-12-22-40-34)24-32(30)45-35-20-10-13-23-41-35)17-7-2-1-6-16-28(26-42-33-18-8-11-21-39-33)43-36(38)27-14-4-3-5-15-27/h2-5,7,14-15,28-35,37H,1,6,8-13,16-26H2/b7-2-/t28?,29-,30-,31+,32-,33?,34?,35?/m1/s1. The van der Waals surface area contributed by atoms with Crippen molar-refractivity contribution >= 4 is 5.97 Å². The Morgan fingerprint density at radius 2 is 1.44 bits per heavy atom. The molecule has 5 rings (SSSR count). The van der Waals surface area contributed by atoms with Crippen molar-refractivity contribution < 1.29 is 43.1 Å². The first-order valence-electron chi connectivity index (χ1n) is 17.5. The van der Waals surface area contributed by atoms with Crippen LogP contribution in [0, 0.1) is 11.8 Å². The molecule has 45 heavy (non-hydrogen) atoms. The van der Waals surface area contributed by atoms with Crippen LogP contribution in [0.15, 0.2) is 42.5 Å². The maximum atomic E-state index is 12.8. The number of rotatable bonds is 16. The zero-order valence-electron chi connectivity index (χ0n) is 26.8. The monoisotopic (exact) mass is 630 g/mol. The molecule has 3 aliphatic heterocycles. The summed E-state index contributed by atoms with van der Waals surface area (Å²) in [6, 6.07) is 9.10. The van der Waals surface area contributed by atoms with Crippen molar-refractivity contribution in [1.82, 2.24) is 0 Å². The first-order chi connectivity index (χ1) is 22.2. The van der Waals surface area contributed by atoms with Crippen molar-refractivity contribution in [1.29, 1.82) is 0 Å². The van der Waals surface area contributed by atoms with Gasteiger partial charge in [-0.15, -0.1) is 0 Å². The predicted molar refractivity (Wildman–Crippen MR) is 168 cm³/mol. The van der Waals surface area contributed by atoms with E-state index in [1.807, 2.05) is 18.2 Å². The van der Waals surface area contributed by atoms with E-state index in [4.69, 9.17) is 33.2 Å². The van der Waals surface area contributed by atoms with Gasteiger partial charge >= 0.3 is 5.97 Å². The molecule has 8 atom stereocenters. The second-order valence-corrected chi connectivity index (χ2v) is 12.8. The minimum atomic E-state index is -0.349. The van der Waals surface area contributed by atoms with Crippen LogP contribution in [-0.4, -0.2) is 81.3 Å². The Kier molecular flexibility index (Phi) is 14.6. The number of benzene rings is 1. The number of hydrogen-bond acceptors (Lipinski definition) is 9. The van der Waals surface area contributed by atoms with E-state index in [1.165, 1.54) is 0 Å². The lowest BCUT2D eigenvalue weighted by Gasteiger charge is -2.30. The van der Waals surface area contributed by atoms with Gasteiger partial charge in [-0.25, -0.2) is 4.79 Å². The number of ether oxygens (including phenoxy) is 7. The number of carbonyl (C=O) groups is 1. The van der Waals surface area contributed by atoms with Gasteiger partial charge in [0.25, 0.3) is 0 Å². The van der Waals surface area contributed by atoms with Crippen molar-refractivity contribution in [2.75, 3.05) is 33.0 Å². The molecule has 1 N–H and O–H groups in total. The third-order valence-corrected chi connectivity index (χ3v) is 9.47. The summed E-state index contributed by atoms with van der Waals surface area (Å²) >= 11 is 0. The van der Waals surface area contributed by atoms with Crippen LogP contribution in [0.1, 0.15) is 100 Å². The molecule has 4 unspecified atom stereocenters. The third kappa shape index (κ3) is 11.1. The largest absolute Gasteiger partial charge is 0.456 e. The molecule has 1 saturated carbocycles. The van der Waals surface area contributed by atoms with Crippen molar-refractivity contribution in [2.45, 2.75) is 127 Å². The summed E-state index contributed by atoms with van der Waals surface area (Å²) in [5.41, 5.74) is 0.541.